The Kier molecular flexibility index (Phi) is 3.24. The molecule has 0 saturated heterocycles. The Bertz CT molecular complexity index is 594. The van der Waals surface area contributed by atoms with Gasteiger partial charge in [-0.1, -0.05) is 30.3 Å². The van der Waals surface area contributed by atoms with E-state index in [-0.39, 0.29) is 6.09 Å². The van der Waals surface area contributed by atoms with Crippen LogP contribution in [0.25, 0.3) is 12.3 Å². The van der Waals surface area contributed by atoms with Gasteiger partial charge in [-0.2, -0.15) is 0 Å². The van der Waals surface area contributed by atoms with Crippen LogP contribution in [0.15, 0.2) is 36.5 Å². The molecule has 0 fully saturated rings. The lowest BCUT2D eigenvalue weighted by Crippen LogP contribution is -2.33. The molecular weight excluding hydrogens is 226 g/mol. The summed E-state index contributed by atoms with van der Waals surface area (Å²) >= 11 is 0. The van der Waals surface area contributed by atoms with Gasteiger partial charge in [0.25, 0.3) is 0 Å². The molecule has 0 spiro atoms. The largest absolute Gasteiger partial charge is 0.443 e. The number of benzene rings is 1. The molecule has 0 radical (unpaired) electrons. The minimum atomic E-state index is -0.492. The third-order valence-electron chi connectivity index (χ3n) is 2.40. The molecule has 1 aromatic rings. The molecule has 0 unspecified atom stereocenters. The summed E-state index contributed by atoms with van der Waals surface area (Å²) in [5.41, 5.74) is -0.492. The molecule has 1 aromatic carbocycles. The lowest BCUT2D eigenvalue weighted by atomic mass is 10.2. The number of ether oxygens (including phenoxy) is 1. The van der Waals surface area contributed by atoms with Crippen LogP contribution in [-0.2, 0) is 4.74 Å². The Morgan fingerprint density at radius 2 is 1.83 bits per heavy atom. The molecular formula is C15H17NO2. The normalized spacial score (nSPS) is 14.1. The molecule has 1 heterocycles. The number of allylic oxidation sites excluding steroid dienone is 1. The van der Waals surface area contributed by atoms with E-state index in [1.165, 1.54) is 4.90 Å². The highest BCUT2D eigenvalue weighted by Crippen LogP contribution is 2.10. The molecule has 1 aliphatic rings. The molecule has 3 heteroatoms. The zero-order valence-corrected chi connectivity index (χ0v) is 10.9. The van der Waals surface area contributed by atoms with E-state index in [1.54, 1.807) is 12.4 Å². The van der Waals surface area contributed by atoms with E-state index in [4.69, 9.17) is 4.74 Å². The smallest absolute Gasteiger partial charge is 0.418 e. The molecule has 0 atom stereocenters. The van der Waals surface area contributed by atoms with Crippen LogP contribution in [0.3, 0.4) is 0 Å². The van der Waals surface area contributed by atoms with E-state index in [0.717, 1.165) is 10.4 Å². The standard InChI is InChI=1S/C15H17NO2/c1-15(2,3)18-14(17)16-10-6-9-12-7-4-5-8-13(12)11-16/h4-11H,1-3H3. The summed E-state index contributed by atoms with van der Waals surface area (Å²) in [7, 11) is 0. The first-order valence-electron chi connectivity index (χ1n) is 5.92. The van der Waals surface area contributed by atoms with Crippen molar-refractivity contribution >= 4 is 18.4 Å². The zero-order valence-electron chi connectivity index (χ0n) is 10.9. The number of fused-ring (bicyclic) bond motifs is 1. The van der Waals surface area contributed by atoms with Crippen LogP contribution in [0.4, 0.5) is 4.79 Å². The van der Waals surface area contributed by atoms with E-state index in [1.807, 2.05) is 57.2 Å². The Hall–Kier alpha value is -2.03. The molecule has 3 nitrogen and oxygen atoms in total. The summed E-state index contributed by atoms with van der Waals surface area (Å²) in [6, 6.07) is 7.90. The van der Waals surface area contributed by atoms with E-state index in [9.17, 15) is 4.79 Å². The highest BCUT2D eigenvalue weighted by Gasteiger charge is 2.19. The molecule has 0 aromatic heterocycles. The van der Waals surface area contributed by atoms with Crippen LogP contribution in [0.2, 0.25) is 0 Å². The fourth-order valence-corrected chi connectivity index (χ4v) is 1.64. The summed E-state index contributed by atoms with van der Waals surface area (Å²) in [5.74, 6) is 0. The van der Waals surface area contributed by atoms with Crippen molar-refractivity contribution in [3.63, 3.8) is 0 Å². The van der Waals surface area contributed by atoms with Crippen molar-refractivity contribution in [3.8, 4) is 0 Å². The number of hydrogen-bond acceptors (Lipinski definition) is 2. The molecule has 2 rings (SSSR count). The fourth-order valence-electron chi connectivity index (χ4n) is 1.64. The van der Waals surface area contributed by atoms with Crippen LogP contribution in [0.5, 0.6) is 0 Å². The predicted octanol–water partition coefficient (Wildman–Crippen LogP) is 1.97. The van der Waals surface area contributed by atoms with Gasteiger partial charge < -0.3 is 4.74 Å². The Labute approximate surface area is 107 Å². The fraction of sp³-hybridized carbons (Fsp3) is 0.267. The Morgan fingerprint density at radius 1 is 1.17 bits per heavy atom. The summed E-state index contributed by atoms with van der Waals surface area (Å²) in [6.07, 6.45) is 6.92. The average Bonchev–Trinajstić information content (AvgIpc) is 2.48. The molecule has 18 heavy (non-hydrogen) atoms. The summed E-state index contributed by atoms with van der Waals surface area (Å²) in [4.78, 5) is 13.4. The van der Waals surface area contributed by atoms with Gasteiger partial charge in [0, 0.05) is 12.4 Å². The number of carbonyl (C=O) groups excluding carboxylic acids is 1. The van der Waals surface area contributed by atoms with Gasteiger partial charge in [0.2, 0.25) is 0 Å². The van der Waals surface area contributed by atoms with Crippen molar-refractivity contribution in [3.05, 3.63) is 47.0 Å². The molecule has 1 aliphatic heterocycles. The van der Waals surface area contributed by atoms with Gasteiger partial charge in [-0.25, -0.2) is 4.79 Å². The number of nitrogens with zero attached hydrogens (tertiary/aromatic N) is 1. The number of hydrogen-bond donors (Lipinski definition) is 0. The third kappa shape index (κ3) is 3.00. The number of amides is 1. The van der Waals surface area contributed by atoms with Crippen molar-refractivity contribution in [1.82, 2.24) is 4.90 Å². The highest BCUT2D eigenvalue weighted by molar-refractivity contribution is 5.75. The summed E-state index contributed by atoms with van der Waals surface area (Å²) in [6.45, 7) is 5.56. The Morgan fingerprint density at radius 3 is 2.50 bits per heavy atom. The Balaban J connectivity index is 2.33. The second kappa shape index (κ2) is 4.69. The van der Waals surface area contributed by atoms with E-state index >= 15 is 0 Å². The maximum Gasteiger partial charge on any atom is 0.418 e. The number of rotatable bonds is 0. The van der Waals surface area contributed by atoms with Gasteiger partial charge in [0.05, 0.1) is 0 Å². The molecule has 94 valence electrons. The van der Waals surface area contributed by atoms with Crippen LogP contribution in [0, 0.1) is 0 Å². The highest BCUT2D eigenvalue weighted by atomic mass is 16.6. The van der Waals surface area contributed by atoms with Gasteiger partial charge in [-0.3, -0.25) is 4.90 Å². The van der Waals surface area contributed by atoms with Gasteiger partial charge in [-0.15, -0.1) is 0 Å². The van der Waals surface area contributed by atoms with Gasteiger partial charge in [0.15, 0.2) is 0 Å². The minimum absolute atomic E-state index is 0.371. The average molecular weight is 243 g/mol. The molecule has 1 amide bonds. The van der Waals surface area contributed by atoms with Crippen LogP contribution >= 0.6 is 0 Å². The lowest BCUT2D eigenvalue weighted by Gasteiger charge is -2.22. The molecule has 0 bridgehead atoms. The van der Waals surface area contributed by atoms with Gasteiger partial charge in [-0.05, 0) is 37.3 Å². The van der Waals surface area contributed by atoms with Crippen LogP contribution in [-0.4, -0.2) is 16.6 Å². The third-order valence-corrected chi connectivity index (χ3v) is 2.40. The van der Waals surface area contributed by atoms with Crippen molar-refractivity contribution in [1.29, 1.82) is 0 Å². The van der Waals surface area contributed by atoms with E-state index in [0.29, 0.717) is 0 Å². The van der Waals surface area contributed by atoms with Crippen molar-refractivity contribution in [2.45, 2.75) is 26.4 Å². The van der Waals surface area contributed by atoms with Crippen LogP contribution in [0.1, 0.15) is 20.8 Å². The first-order valence-corrected chi connectivity index (χ1v) is 5.92. The SMILES string of the molecule is CC(C)(C)OC(=O)N1C=CC=c2ccccc2=C1. The molecule has 0 saturated carbocycles. The van der Waals surface area contributed by atoms with Gasteiger partial charge in [0.1, 0.15) is 5.60 Å². The maximum absolute atomic E-state index is 12.0. The van der Waals surface area contributed by atoms with E-state index in [2.05, 4.69) is 0 Å². The predicted molar refractivity (Wildman–Crippen MR) is 71.8 cm³/mol. The topological polar surface area (TPSA) is 29.5 Å². The first kappa shape index (κ1) is 12.4. The second-order valence-corrected chi connectivity index (χ2v) is 5.15. The van der Waals surface area contributed by atoms with Crippen molar-refractivity contribution < 1.29 is 9.53 Å². The minimum Gasteiger partial charge on any atom is -0.443 e. The van der Waals surface area contributed by atoms with Gasteiger partial charge >= 0.3 is 6.09 Å². The quantitative estimate of drug-likeness (QED) is 0.697. The first-order chi connectivity index (χ1) is 8.46. The maximum atomic E-state index is 12.0. The van der Waals surface area contributed by atoms with Crippen molar-refractivity contribution in [2.75, 3.05) is 0 Å². The monoisotopic (exact) mass is 243 g/mol. The lowest BCUT2D eigenvalue weighted by molar-refractivity contribution is 0.0420. The molecule has 0 N–H and O–H groups in total. The summed E-state index contributed by atoms with van der Waals surface area (Å²) in [5, 5.41) is 2.08. The second-order valence-electron chi connectivity index (χ2n) is 5.15. The zero-order chi connectivity index (χ0) is 13.2. The van der Waals surface area contributed by atoms with E-state index < -0.39 is 5.60 Å². The van der Waals surface area contributed by atoms with Crippen LogP contribution < -0.4 is 10.4 Å². The number of carbonyl (C=O) groups is 1. The van der Waals surface area contributed by atoms with Crippen molar-refractivity contribution in [2.24, 2.45) is 0 Å². The molecule has 0 aliphatic carbocycles. The summed E-state index contributed by atoms with van der Waals surface area (Å²) < 4.78 is 5.34.